The van der Waals surface area contributed by atoms with Gasteiger partial charge in [0.15, 0.2) is 0 Å². The quantitative estimate of drug-likeness (QED) is 0.646. The maximum atomic E-state index is 9.77. The molecule has 25 heavy (non-hydrogen) atoms. The number of aromatic nitrogens is 2. The van der Waals surface area contributed by atoms with Gasteiger partial charge in [-0.25, -0.2) is 4.98 Å². The summed E-state index contributed by atoms with van der Waals surface area (Å²) in [5, 5.41) is 10.7. The SMILES string of the molecule is CCSc1nc(C)n(Cc2ccc(-c3ccccc3C)cc2)c1CO. The highest BCUT2D eigenvalue weighted by atomic mass is 32.2. The summed E-state index contributed by atoms with van der Waals surface area (Å²) in [4.78, 5) is 4.61. The fraction of sp³-hybridized carbons (Fsp3) is 0.286. The van der Waals surface area contributed by atoms with Gasteiger partial charge in [-0.15, -0.1) is 11.8 Å². The normalized spacial score (nSPS) is 11.0. The number of rotatable bonds is 6. The maximum absolute atomic E-state index is 9.77. The van der Waals surface area contributed by atoms with Crippen LogP contribution in [-0.4, -0.2) is 20.4 Å². The Hall–Kier alpha value is -2.04. The lowest BCUT2D eigenvalue weighted by Crippen LogP contribution is -2.07. The molecule has 0 aliphatic rings. The second-order valence-corrected chi connectivity index (χ2v) is 7.35. The van der Waals surface area contributed by atoms with Crippen molar-refractivity contribution in [1.82, 2.24) is 9.55 Å². The molecule has 3 aromatic rings. The van der Waals surface area contributed by atoms with E-state index in [-0.39, 0.29) is 6.61 Å². The van der Waals surface area contributed by atoms with E-state index in [0.29, 0.717) is 0 Å². The van der Waals surface area contributed by atoms with Crippen LogP contribution < -0.4 is 0 Å². The van der Waals surface area contributed by atoms with E-state index in [4.69, 9.17) is 0 Å². The lowest BCUT2D eigenvalue weighted by Gasteiger charge is -2.11. The van der Waals surface area contributed by atoms with Gasteiger partial charge in [0, 0.05) is 6.54 Å². The van der Waals surface area contributed by atoms with Crippen LogP contribution in [0.2, 0.25) is 0 Å². The molecule has 1 heterocycles. The second kappa shape index (κ2) is 7.89. The van der Waals surface area contributed by atoms with Crippen molar-refractivity contribution in [3.05, 3.63) is 71.2 Å². The Morgan fingerprint density at radius 2 is 1.76 bits per heavy atom. The van der Waals surface area contributed by atoms with Crippen LogP contribution in [0.1, 0.15) is 29.6 Å². The number of aryl methyl sites for hydroxylation is 2. The third-order valence-electron chi connectivity index (χ3n) is 4.41. The molecule has 0 fully saturated rings. The Bertz CT molecular complexity index is 853. The molecule has 130 valence electrons. The van der Waals surface area contributed by atoms with Gasteiger partial charge in [-0.1, -0.05) is 55.5 Å². The van der Waals surface area contributed by atoms with Crippen molar-refractivity contribution in [3.8, 4) is 11.1 Å². The predicted molar refractivity (Wildman–Crippen MR) is 105 cm³/mol. The summed E-state index contributed by atoms with van der Waals surface area (Å²) in [6.07, 6.45) is 0. The van der Waals surface area contributed by atoms with Gasteiger partial charge in [-0.05, 0) is 41.9 Å². The van der Waals surface area contributed by atoms with Crippen LogP contribution in [0.3, 0.4) is 0 Å². The number of hydrogen-bond acceptors (Lipinski definition) is 3. The van der Waals surface area contributed by atoms with Crippen LogP contribution in [-0.2, 0) is 13.2 Å². The minimum Gasteiger partial charge on any atom is -0.390 e. The molecule has 0 radical (unpaired) electrons. The van der Waals surface area contributed by atoms with E-state index in [0.717, 1.165) is 28.8 Å². The van der Waals surface area contributed by atoms with Gasteiger partial charge in [0.1, 0.15) is 10.9 Å². The van der Waals surface area contributed by atoms with Crippen LogP contribution in [0.4, 0.5) is 0 Å². The van der Waals surface area contributed by atoms with Gasteiger partial charge in [-0.2, -0.15) is 0 Å². The highest BCUT2D eigenvalue weighted by Gasteiger charge is 2.14. The van der Waals surface area contributed by atoms with E-state index in [1.807, 2.05) is 6.92 Å². The average Bonchev–Trinajstić information content (AvgIpc) is 2.91. The van der Waals surface area contributed by atoms with Crippen molar-refractivity contribution in [2.75, 3.05) is 5.75 Å². The number of aliphatic hydroxyl groups is 1. The Balaban J connectivity index is 1.86. The molecule has 3 nitrogen and oxygen atoms in total. The molecule has 0 atom stereocenters. The molecule has 0 aliphatic carbocycles. The number of imidazole rings is 1. The minimum absolute atomic E-state index is 0.0183. The molecule has 2 aromatic carbocycles. The van der Waals surface area contributed by atoms with Gasteiger partial charge < -0.3 is 9.67 Å². The first-order valence-electron chi connectivity index (χ1n) is 8.58. The standard InChI is InChI=1S/C21H24N2OS/c1-4-25-21-20(14-24)23(16(3)22-21)13-17-9-11-18(12-10-17)19-8-6-5-7-15(19)2/h5-12,24H,4,13-14H2,1-3H3. The summed E-state index contributed by atoms with van der Waals surface area (Å²) in [7, 11) is 0. The number of aliphatic hydroxyl groups excluding tert-OH is 1. The first kappa shape index (κ1) is 17.8. The van der Waals surface area contributed by atoms with Crippen LogP contribution in [0.25, 0.3) is 11.1 Å². The van der Waals surface area contributed by atoms with E-state index in [9.17, 15) is 5.11 Å². The zero-order chi connectivity index (χ0) is 17.8. The first-order chi connectivity index (χ1) is 12.1. The van der Waals surface area contributed by atoms with Crippen LogP contribution >= 0.6 is 11.8 Å². The van der Waals surface area contributed by atoms with Gasteiger partial charge in [0.25, 0.3) is 0 Å². The molecule has 3 rings (SSSR count). The molecule has 0 saturated carbocycles. The highest BCUT2D eigenvalue weighted by molar-refractivity contribution is 7.99. The second-order valence-electron chi connectivity index (χ2n) is 6.10. The number of nitrogens with zero attached hydrogens (tertiary/aromatic N) is 2. The highest BCUT2D eigenvalue weighted by Crippen LogP contribution is 2.26. The Kier molecular flexibility index (Phi) is 5.61. The topological polar surface area (TPSA) is 38.0 Å². The summed E-state index contributed by atoms with van der Waals surface area (Å²) in [5.41, 5.74) is 5.90. The summed E-state index contributed by atoms with van der Waals surface area (Å²) in [6.45, 7) is 6.99. The van der Waals surface area contributed by atoms with E-state index in [2.05, 4.69) is 71.9 Å². The molecule has 0 aliphatic heterocycles. The van der Waals surface area contributed by atoms with Crippen molar-refractivity contribution in [2.45, 2.75) is 38.9 Å². The van der Waals surface area contributed by atoms with Crippen molar-refractivity contribution >= 4 is 11.8 Å². The molecular formula is C21H24N2OS. The summed E-state index contributed by atoms with van der Waals surface area (Å²) in [5.74, 6) is 1.90. The van der Waals surface area contributed by atoms with Gasteiger partial charge in [0.2, 0.25) is 0 Å². The summed E-state index contributed by atoms with van der Waals surface area (Å²) in [6, 6.07) is 17.1. The molecule has 0 bridgehead atoms. The number of benzene rings is 2. The zero-order valence-corrected chi connectivity index (χ0v) is 15.8. The molecule has 1 N–H and O–H groups in total. The Labute approximate surface area is 153 Å². The van der Waals surface area contributed by atoms with Crippen molar-refractivity contribution in [2.24, 2.45) is 0 Å². The Morgan fingerprint density at radius 3 is 2.40 bits per heavy atom. The van der Waals surface area contributed by atoms with Crippen LogP contribution in [0.15, 0.2) is 53.6 Å². The molecule has 0 spiro atoms. The summed E-state index contributed by atoms with van der Waals surface area (Å²) < 4.78 is 2.11. The molecular weight excluding hydrogens is 328 g/mol. The van der Waals surface area contributed by atoms with E-state index >= 15 is 0 Å². The minimum atomic E-state index is 0.0183. The Morgan fingerprint density at radius 1 is 1.04 bits per heavy atom. The van der Waals surface area contributed by atoms with E-state index in [1.54, 1.807) is 11.8 Å². The number of thioether (sulfide) groups is 1. The first-order valence-corrected chi connectivity index (χ1v) is 9.57. The maximum Gasteiger partial charge on any atom is 0.120 e. The van der Waals surface area contributed by atoms with Crippen LogP contribution in [0, 0.1) is 13.8 Å². The fourth-order valence-electron chi connectivity index (χ4n) is 3.07. The summed E-state index contributed by atoms with van der Waals surface area (Å²) >= 11 is 1.68. The van der Waals surface area contributed by atoms with Crippen LogP contribution in [0.5, 0.6) is 0 Å². The van der Waals surface area contributed by atoms with E-state index < -0.39 is 0 Å². The zero-order valence-electron chi connectivity index (χ0n) is 15.0. The van der Waals surface area contributed by atoms with Gasteiger partial charge in [-0.3, -0.25) is 0 Å². The smallest absolute Gasteiger partial charge is 0.120 e. The lowest BCUT2D eigenvalue weighted by atomic mass is 9.99. The fourth-order valence-corrected chi connectivity index (χ4v) is 3.88. The molecule has 0 amide bonds. The third-order valence-corrected chi connectivity index (χ3v) is 5.30. The number of hydrogen-bond donors (Lipinski definition) is 1. The molecule has 0 unspecified atom stereocenters. The third kappa shape index (κ3) is 3.80. The van der Waals surface area contributed by atoms with E-state index in [1.165, 1.54) is 22.3 Å². The molecule has 4 heteroatoms. The average molecular weight is 353 g/mol. The largest absolute Gasteiger partial charge is 0.390 e. The molecule has 1 aromatic heterocycles. The van der Waals surface area contributed by atoms with Crippen molar-refractivity contribution in [3.63, 3.8) is 0 Å². The van der Waals surface area contributed by atoms with Gasteiger partial charge >= 0.3 is 0 Å². The van der Waals surface area contributed by atoms with Crippen molar-refractivity contribution < 1.29 is 5.11 Å². The monoisotopic (exact) mass is 352 g/mol. The lowest BCUT2D eigenvalue weighted by molar-refractivity contribution is 0.268. The molecule has 0 saturated heterocycles. The van der Waals surface area contributed by atoms with Crippen molar-refractivity contribution in [1.29, 1.82) is 0 Å². The predicted octanol–water partition coefficient (Wildman–Crippen LogP) is 4.82. The van der Waals surface area contributed by atoms with Gasteiger partial charge in [0.05, 0.1) is 12.3 Å².